The van der Waals surface area contributed by atoms with Crippen LogP contribution in [0.1, 0.15) is 55.6 Å². The maximum atomic E-state index is 14.4. The minimum absolute atomic E-state index is 0.0171. The van der Waals surface area contributed by atoms with Gasteiger partial charge in [-0.3, -0.25) is 9.59 Å². The summed E-state index contributed by atoms with van der Waals surface area (Å²) in [5.41, 5.74) is 0.0806. The summed E-state index contributed by atoms with van der Waals surface area (Å²) in [6, 6.07) is 21.5. The highest BCUT2D eigenvalue weighted by molar-refractivity contribution is 6.16. The Hall–Kier alpha value is -5.19. The predicted octanol–water partition coefficient (Wildman–Crippen LogP) is 5.47. The van der Waals surface area contributed by atoms with Gasteiger partial charge in [0.05, 0.1) is 18.7 Å². The van der Waals surface area contributed by atoms with Gasteiger partial charge in [0.25, 0.3) is 5.88 Å². The lowest BCUT2D eigenvalue weighted by Gasteiger charge is -2.48. The molecule has 10 heteroatoms. The molecule has 0 saturated heterocycles. The zero-order valence-electron chi connectivity index (χ0n) is 25.8. The summed E-state index contributed by atoms with van der Waals surface area (Å²) in [6.45, 7) is 4.41. The van der Waals surface area contributed by atoms with Crippen LogP contribution in [0, 0.1) is 11.8 Å². The zero-order valence-corrected chi connectivity index (χ0v) is 25.8. The SMILES string of the molecule is C=CCN[C@@H]1c2onc(OCc3ccccc3)c2C(=O)[C@@]2(O)C(O)=C3C(=O)c4c(OCc5ccccc5)ccc(OC)c4C[C@H]3C[C@@H]12. The van der Waals surface area contributed by atoms with Gasteiger partial charge in [0.15, 0.2) is 17.1 Å². The number of ether oxygens (including phenoxy) is 3. The number of methoxy groups -OCH3 is 1. The second-order valence-corrected chi connectivity index (χ2v) is 12.0. The van der Waals surface area contributed by atoms with Crippen molar-refractivity contribution in [3.05, 3.63) is 130 Å². The topological polar surface area (TPSA) is 140 Å². The molecule has 3 aromatic carbocycles. The average Bonchev–Trinajstić information content (AvgIpc) is 3.52. The quantitative estimate of drug-likeness (QED) is 0.192. The summed E-state index contributed by atoms with van der Waals surface area (Å²) in [5, 5.41) is 31.6. The van der Waals surface area contributed by atoms with Crippen molar-refractivity contribution in [2.45, 2.75) is 37.7 Å². The Morgan fingerprint density at radius 2 is 1.64 bits per heavy atom. The van der Waals surface area contributed by atoms with E-state index in [9.17, 15) is 19.8 Å². The normalized spacial score (nSPS) is 22.9. The average molecular weight is 635 g/mol. The number of aromatic nitrogens is 1. The van der Waals surface area contributed by atoms with Crippen molar-refractivity contribution >= 4 is 11.6 Å². The van der Waals surface area contributed by atoms with E-state index in [1.807, 2.05) is 60.7 Å². The first kappa shape index (κ1) is 30.5. The Bertz CT molecular complexity index is 1880. The molecule has 0 bridgehead atoms. The van der Waals surface area contributed by atoms with Crippen molar-refractivity contribution in [1.82, 2.24) is 10.5 Å². The first-order valence-electron chi connectivity index (χ1n) is 15.5. The van der Waals surface area contributed by atoms with Crippen LogP contribution in [-0.2, 0) is 19.6 Å². The third-order valence-corrected chi connectivity index (χ3v) is 9.36. The molecule has 1 aromatic heterocycles. The van der Waals surface area contributed by atoms with E-state index in [1.165, 1.54) is 7.11 Å². The van der Waals surface area contributed by atoms with Crippen LogP contribution in [0.2, 0.25) is 0 Å². The van der Waals surface area contributed by atoms with Gasteiger partial charge in [0.1, 0.15) is 36.0 Å². The number of allylic oxidation sites excluding steroid dienone is 1. The number of nitrogens with zero attached hydrogens (tertiary/aromatic N) is 1. The van der Waals surface area contributed by atoms with Crippen molar-refractivity contribution in [3.63, 3.8) is 0 Å². The molecule has 7 rings (SSSR count). The van der Waals surface area contributed by atoms with Crippen LogP contribution in [0.15, 0.2) is 101 Å². The minimum Gasteiger partial charge on any atom is -0.508 e. The number of aliphatic hydroxyl groups excluding tert-OH is 1. The lowest BCUT2D eigenvalue weighted by Crippen LogP contribution is -2.59. The van der Waals surface area contributed by atoms with E-state index in [1.54, 1.807) is 18.2 Å². The number of aliphatic hydroxyl groups is 2. The number of fused-ring (bicyclic) bond motifs is 4. The number of hydrogen-bond donors (Lipinski definition) is 3. The minimum atomic E-state index is -2.45. The lowest BCUT2D eigenvalue weighted by atomic mass is 9.59. The van der Waals surface area contributed by atoms with Crippen molar-refractivity contribution < 1.29 is 38.5 Å². The summed E-state index contributed by atoms with van der Waals surface area (Å²) >= 11 is 0. The second kappa shape index (κ2) is 12.2. The zero-order chi connectivity index (χ0) is 32.7. The van der Waals surface area contributed by atoms with E-state index in [-0.39, 0.29) is 48.0 Å². The Labute approximate surface area is 271 Å². The van der Waals surface area contributed by atoms with Crippen LogP contribution < -0.4 is 19.5 Å². The summed E-state index contributed by atoms with van der Waals surface area (Å²) in [7, 11) is 1.53. The van der Waals surface area contributed by atoms with Gasteiger partial charge < -0.3 is 34.3 Å². The van der Waals surface area contributed by atoms with Crippen molar-refractivity contribution in [3.8, 4) is 17.4 Å². The fourth-order valence-corrected chi connectivity index (χ4v) is 7.14. The van der Waals surface area contributed by atoms with Gasteiger partial charge in [0.2, 0.25) is 5.78 Å². The number of rotatable bonds is 10. The maximum absolute atomic E-state index is 14.4. The Kier molecular flexibility index (Phi) is 7.91. The molecule has 0 fully saturated rings. The first-order chi connectivity index (χ1) is 22.9. The van der Waals surface area contributed by atoms with E-state index in [0.717, 1.165) is 11.1 Å². The molecule has 3 aliphatic carbocycles. The Balaban J connectivity index is 1.30. The third kappa shape index (κ3) is 5.01. The lowest BCUT2D eigenvalue weighted by molar-refractivity contribution is -0.0401. The van der Waals surface area contributed by atoms with Crippen LogP contribution in [0.4, 0.5) is 0 Å². The molecule has 240 valence electrons. The van der Waals surface area contributed by atoms with Crippen LogP contribution >= 0.6 is 0 Å². The standard InChI is InChI=1S/C37H34N2O8/c1-3-16-38-31-25-18-23-17-24-26(44-2)14-15-27(45-19-21-10-6-4-7-11-21)29(24)32(40)28(23)34(41)37(25,43)35(42)30-33(31)47-39-36(30)46-20-22-12-8-5-9-13-22/h3-15,23,25,31,38,41,43H,1,16-20H2,2H3/t23-,25-,31-,37-/m0/s1. The van der Waals surface area contributed by atoms with Crippen LogP contribution in [0.3, 0.4) is 0 Å². The molecular weight excluding hydrogens is 600 g/mol. The van der Waals surface area contributed by atoms with Gasteiger partial charge in [-0.1, -0.05) is 66.7 Å². The van der Waals surface area contributed by atoms with Gasteiger partial charge in [0, 0.05) is 23.6 Å². The van der Waals surface area contributed by atoms with Crippen molar-refractivity contribution in [2.75, 3.05) is 13.7 Å². The number of carbonyl (C=O) groups is 2. The summed E-state index contributed by atoms with van der Waals surface area (Å²) in [6.07, 6.45) is 2.14. The summed E-state index contributed by atoms with van der Waals surface area (Å²) in [5.74, 6) is -2.55. The Morgan fingerprint density at radius 1 is 0.979 bits per heavy atom. The van der Waals surface area contributed by atoms with Crippen LogP contribution in [0.25, 0.3) is 0 Å². The van der Waals surface area contributed by atoms with Gasteiger partial charge in [-0.2, -0.15) is 0 Å². The molecule has 0 saturated carbocycles. The van der Waals surface area contributed by atoms with E-state index >= 15 is 0 Å². The van der Waals surface area contributed by atoms with E-state index in [0.29, 0.717) is 30.0 Å². The molecule has 47 heavy (non-hydrogen) atoms. The number of Topliss-reactive ketones (excluding diaryl/α,β-unsaturated/α-hetero) is 2. The summed E-state index contributed by atoms with van der Waals surface area (Å²) < 4.78 is 23.4. The highest BCUT2D eigenvalue weighted by atomic mass is 16.5. The van der Waals surface area contributed by atoms with Crippen molar-refractivity contribution in [1.29, 1.82) is 0 Å². The molecule has 0 unspecified atom stereocenters. The van der Waals surface area contributed by atoms with Gasteiger partial charge in [-0.15, -0.1) is 6.58 Å². The summed E-state index contributed by atoms with van der Waals surface area (Å²) in [4.78, 5) is 28.7. The highest BCUT2D eigenvalue weighted by Crippen LogP contribution is 2.56. The number of benzene rings is 3. The number of nitrogens with one attached hydrogen (secondary N) is 1. The smallest absolute Gasteiger partial charge is 0.265 e. The highest BCUT2D eigenvalue weighted by Gasteiger charge is 2.63. The number of ketones is 2. The largest absolute Gasteiger partial charge is 0.508 e. The molecule has 4 aromatic rings. The van der Waals surface area contributed by atoms with Crippen LogP contribution in [0.5, 0.6) is 17.4 Å². The van der Waals surface area contributed by atoms with Crippen LogP contribution in [-0.4, -0.2) is 46.2 Å². The molecule has 3 N–H and O–H groups in total. The molecule has 4 atom stereocenters. The molecule has 0 amide bonds. The van der Waals surface area contributed by atoms with Gasteiger partial charge >= 0.3 is 0 Å². The Morgan fingerprint density at radius 3 is 2.30 bits per heavy atom. The molecule has 10 nitrogen and oxygen atoms in total. The molecule has 3 aliphatic rings. The van der Waals surface area contributed by atoms with E-state index in [2.05, 4.69) is 17.1 Å². The molecule has 0 aliphatic heterocycles. The molecule has 0 spiro atoms. The van der Waals surface area contributed by atoms with Gasteiger partial charge in [-0.05, 0) is 47.2 Å². The monoisotopic (exact) mass is 634 g/mol. The predicted molar refractivity (Wildman–Crippen MR) is 171 cm³/mol. The molecule has 1 heterocycles. The number of hydrogen-bond acceptors (Lipinski definition) is 10. The fourth-order valence-electron chi connectivity index (χ4n) is 7.14. The second-order valence-electron chi connectivity index (χ2n) is 12.0. The van der Waals surface area contributed by atoms with Gasteiger partial charge in [-0.25, -0.2) is 0 Å². The maximum Gasteiger partial charge on any atom is 0.265 e. The molecular formula is C37H34N2O8. The van der Waals surface area contributed by atoms with Crippen molar-refractivity contribution in [2.24, 2.45) is 11.8 Å². The third-order valence-electron chi connectivity index (χ3n) is 9.36. The fraction of sp³-hybridized carbons (Fsp3) is 0.270. The van der Waals surface area contributed by atoms with E-state index in [4.69, 9.17) is 18.7 Å². The van der Waals surface area contributed by atoms with E-state index < -0.39 is 40.8 Å². The number of carbonyl (C=O) groups excluding carboxylic acids is 2. The molecule has 0 radical (unpaired) electrons. The first-order valence-corrected chi connectivity index (χ1v) is 15.5.